The van der Waals surface area contributed by atoms with Gasteiger partial charge < -0.3 is 19.9 Å². The van der Waals surface area contributed by atoms with Gasteiger partial charge in [0.2, 0.25) is 0 Å². The minimum atomic E-state index is -5.08. The lowest BCUT2D eigenvalue weighted by Gasteiger charge is -2.34. The molecule has 0 atom stereocenters. The summed E-state index contributed by atoms with van der Waals surface area (Å²) >= 11 is 0. The average Bonchev–Trinajstić information content (AvgIpc) is 3.39. The van der Waals surface area contributed by atoms with Gasteiger partial charge in [-0.1, -0.05) is 48.5 Å². The van der Waals surface area contributed by atoms with Crippen molar-refractivity contribution in [2.75, 3.05) is 33.3 Å². The predicted octanol–water partition coefficient (Wildman–Crippen LogP) is 4.67. The molecule has 0 radical (unpaired) electrons. The molecule has 0 bridgehead atoms. The number of nitrogens with zero attached hydrogens (tertiary/aromatic N) is 3. The Morgan fingerprint density at radius 3 is 1.78 bits per heavy atom. The number of hydrogen-bond acceptors (Lipinski definition) is 6. The highest BCUT2D eigenvalue weighted by molar-refractivity contribution is 5.73. The number of benzene rings is 2. The molecule has 15 heteroatoms. The zero-order valence-electron chi connectivity index (χ0n) is 21.7. The molecular formula is C26H28F6N4O5. The fraction of sp³-hybridized carbons (Fsp3) is 0.346. The second-order valence-corrected chi connectivity index (χ2v) is 8.59. The number of hydrogen-bond donors (Lipinski definition) is 3. The van der Waals surface area contributed by atoms with Gasteiger partial charge in [-0.15, -0.1) is 0 Å². The van der Waals surface area contributed by atoms with Crippen LogP contribution in [0, 0.1) is 0 Å². The molecule has 3 aromatic rings. The summed E-state index contributed by atoms with van der Waals surface area (Å²) in [5.74, 6) is -3.59. The lowest BCUT2D eigenvalue weighted by molar-refractivity contribution is -0.193. The Bertz CT molecular complexity index is 1220. The van der Waals surface area contributed by atoms with Crippen LogP contribution in [0.1, 0.15) is 11.3 Å². The summed E-state index contributed by atoms with van der Waals surface area (Å²) in [6, 6.07) is 18.6. The van der Waals surface area contributed by atoms with Gasteiger partial charge in [0.25, 0.3) is 0 Å². The van der Waals surface area contributed by atoms with Crippen LogP contribution in [0.4, 0.5) is 26.3 Å². The Morgan fingerprint density at radius 1 is 0.829 bits per heavy atom. The minimum absolute atomic E-state index is 0.919. The third-order valence-electron chi connectivity index (χ3n) is 5.61. The number of alkyl halides is 6. The highest BCUT2D eigenvalue weighted by Crippen LogP contribution is 2.21. The van der Waals surface area contributed by atoms with Gasteiger partial charge in [-0.2, -0.15) is 26.3 Å². The Hall–Kier alpha value is -4.11. The van der Waals surface area contributed by atoms with Crippen LogP contribution in [0.2, 0.25) is 0 Å². The van der Waals surface area contributed by atoms with E-state index in [1.54, 1.807) is 7.11 Å². The Labute approximate surface area is 231 Å². The number of carbonyl (C=O) groups is 2. The monoisotopic (exact) mass is 590 g/mol. The van der Waals surface area contributed by atoms with Crippen LogP contribution in [0.5, 0.6) is 5.75 Å². The number of halogens is 6. The Balaban J connectivity index is 0.000000349. The van der Waals surface area contributed by atoms with Crippen LogP contribution in [0.3, 0.4) is 0 Å². The van der Waals surface area contributed by atoms with Gasteiger partial charge >= 0.3 is 24.3 Å². The fourth-order valence-corrected chi connectivity index (χ4v) is 3.60. The molecule has 1 fully saturated rings. The first-order chi connectivity index (χ1) is 19.2. The number of aromatic amines is 1. The zero-order valence-corrected chi connectivity index (χ0v) is 21.7. The highest BCUT2D eigenvalue weighted by atomic mass is 19.4. The summed E-state index contributed by atoms with van der Waals surface area (Å²) in [6.45, 7) is 6.13. The number of methoxy groups -OCH3 is 1. The van der Waals surface area contributed by atoms with Gasteiger partial charge in [-0.3, -0.25) is 9.80 Å². The Kier molecular flexibility index (Phi) is 12.1. The molecule has 0 saturated carbocycles. The zero-order chi connectivity index (χ0) is 30.6. The topological polar surface area (TPSA) is 119 Å². The number of ether oxygens (including phenoxy) is 1. The van der Waals surface area contributed by atoms with E-state index in [2.05, 4.69) is 44.0 Å². The molecular weight excluding hydrogens is 562 g/mol. The first-order valence-corrected chi connectivity index (χ1v) is 12.0. The molecule has 4 rings (SSSR count). The van der Waals surface area contributed by atoms with E-state index >= 15 is 0 Å². The normalized spacial score (nSPS) is 14.2. The van der Waals surface area contributed by atoms with Gasteiger partial charge in [0.15, 0.2) is 0 Å². The highest BCUT2D eigenvalue weighted by Gasteiger charge is 2.38. The maximum Gasteiger partial charge on any atom is 0.490 e. The average molecular weight is 591 g/mol. The van der Waals surface area contributed by atoms with E-state index in [9.17, 15) is 26.3 Å². The number of H-pyrrole nitrogens is 1. The summed E-state index contributed by atoms with van der Waals surface area (Å²) in [6.07, 6.45) is -8.20. The van der Waals surface area contributed by atoms with Crippen molar-refractivity contribution < 1.29 is 50.9 Å². The lowest BCUT2D eigenvalue weighted by Crippen LogP contribution is -2.45. The minimum Gasteiger partial charge on any atom is -0.496 e. The van der Waals surface area contributed by atoms with Crippen molar-refractivity contribution in [3.63, 3.8) is 0 Å². The number of para-hydroxylation sites is 1. The van der Waals surface area contributed by atoms with Crippen molar-refractivity contribution in [1.82, 2.24) is 19.8 Å². The smallest absolute Gasteiger partial charge is 0.490 e. The molecule has 2 aromatic carbocycles. The van der Waals surface area contributed by atoms with Crippen molar-refractivity contribution in [3.8, 4) is 17.1 Å². The third-order valence-corrected chi connectivity index (χ3v) is 5.61. The Morgan fingerprint density at radius 2 is 1.29 bits per heavy atom. The summed E-state index contributed by atoms with van der Waals surface area (Å²) < 4.78 is 68.9. The van der Waals surface area contributed by atoms with Crippen molar-refractivity contribution in [3.05, 3.63) is 72.1 Å². The van der Waals surface area contributed by atoms with Crippen LogP contribution in [0.15, 0.2) is 60.8 Å². The molecule has 0 aliphatic carbocycles. The molecule has 0 amide bonds. The van der Waals surface area contributed by atoms with Crippen molar-refractivity contribution in [2.45, 2.75) is 25.4 Å². The number of imidazole rings is 1. The van der Waals surface area contributed by atoms with E-state index < -0.39 is 24.3 Å². The molecule has 1 aromatic heterocycles. The van der Waals surface area contributed by atoms with E-state index in [1.165, 1.54) is 11.3 Å². The predicted molar refractivity (Wildman–Crippen MR) is 135 cm³/mol. The van der Waals surface area contributed by atoms with Crippen LogP contribution in [-0.4, -0.2) is 87.6 Å². The van der Waals surface area contributed by atoms with Crippen LogP contribution >= 0.6 is 0 Å². The van der Waals surface area contributed by atoms with E-state index in [1.807, 2.05) is 36.5 Å². The van der Waals surface area contributed by atoms with Gasteiger partial charge in [0.05, 0.1) is 7.11 Å². The number of rotatable bonds is 6. The third kappa shape index (κ3) is 11.5. The molecule has 9 nitrogen and oxygen atoms in total. The number of piperazine rings is 1. The second-order valence-electron chi connectivity index (χ2n) is 8.59. The number of carboxylic acid groups (broad SMARTS) is 2. The molecule has 1 saturated heterocycles. The number of carboxylic acids is 2. The van der Waals surface area contributed by atoms with E-state index in [0.717, 1.165) is 56.4 Å². The molecule has 0 unspecified atom stereocenters. The van der Waals surface area contributed by atoms with Gasteiger partial charge in [-0.25, -0.2) is 14.6 Å². The van der Waals surface area contributed by atoms with Crippen molar-refractivity contribution in [1.29, 1.82) is 0 Å². The number of aromatic nitrogens is 2. The molecule has 41 heavy (non-hydrogen) atoms. The molecule has 1 aliphatic rings. The standard InChI is InChI=1S/C22H26N4O.2C2HF3O2/c1-27-21-10-6-5-9-19(21)16-25-11-13-26(14-12-25)17-20-15-23-22(24-20)18-7-3-2-4-8-18;2*3-2(4,5)1(6)7/h2-10,15H,11-14,16-17H2,1H3,(H,23,24);2*(H,6,7). The van der Waals surface area contributed by atoms with Crippen LogP contribution in [0.25, 0.3) is 11.4 Å². The summed E-state index contributed by atoms with van der Waals surface area (Å²) in [5.41, 5.74) is 3.56. The van der Waals surface area contributed by atoms with Gasteiger partial charge in [0, 0.05) is 62.3 Å². The molecule has 2 heterocycles. The fourth-order valence-electron chi connectivity index (χ4n) is 3.60. The van der Waals surface area contributed by atoms with Gasteiger partial charge in [0.1, 0.15) is 11.6 Å². The molecule has 0 spiro atoms. The van der Waals surface area contributed by atoms with Crippen molar-refractivity contribution >= 4 is 11.9 Å². The maximum atomic E-state index is 10.6. The number of aliphatic carboxylic acids is 2. The maximum absolute atomic E-state index is 10.6. The van der Waals surface area contributed by atoms with Crippen LogP contribution < -0.4 is 4.74 Å². The lowest BCUT2D eigenvalue weighted by atomic mass is 10.1. The molecule has 224 valence electrons. The first-order valence-electron chi connectivity index (χ1n) is 12.0. The molecule has 1 aliphatic heterocycles. The van der Waals surface area contributed by atoms with Crippen LogP contribution in [-0.2, 0) is 22.7 Å². The SMILES string of the molecule is COc1ccccc1CN1CCN(Cc2cnc(-c3ccccc3)[nH]2)CC1.O=C(O)C(F)(F)F.O=C(O)C(F)(F)F. The quantitative estimate of drug-likeness (QED) is 0.355. The van der Waals surface area contributed by atoms with Crippen molar-refractivity contribution in [2.24, 2.45) is 0 Å². The first kappa shape index (κ1) is 33.1. The largest absolute Gasteiger partial charge is 0.496 e. The van der Waals surface area contributed by atoms with E-state index in [-0.39, 0.29) is 0 Å². The number of nitrogens with one attached hydrogen (secondary N) is 1. The summed E-state index contributed by atoms with van der Waals surface area (Å²) in [4.78, 5) is 30.8. The van der Waals surface area contributed by atoms with E-state index in [4.69, 9.17) is 24.5 Å². The second kappa shape index (κ2) is 15.0. The summed E-state index contributed by atoms with van der Waals surface area (Å²) in [5, 5.41) is 14.2. The van der Waals surface area contributed by atoms with E-state index in [0.29, 0.717) is 0 Å². The molecule has 3 N–H and O–H groups in total. The summed E-state index contributed by atoms with van der Waals surface area (Å²) in [7, 11) is 1.74. The van der Waals surface area contributed by atoms with Gasteiger partial charge in [-0.05, 0) is 6.07 Å².